The molecule has 11 heavy (non-hydrogen) atoms. The van der Waals surface area contributed by atoms with Gasteiger partial charge in [0.25, 0.3) is 6.43 Å². The Morgan fingerprint density at radius 1 is 1.45 bits per heavy atom. The summed E-state index contributed by atoms with van der Waals surface area (Å²) in [6.45, 7) is 2.57. The number of hydrogen-bond donors (Lipinski definition) is 1. The monoisotopic (exact) mass is 163 g/mol. The average Bonchev–Trinajstić information content (AvgIpc) is 2.05. The Kier molecular flexibility index (Phi) is 2.82. The Balaban J connectivity index is 2.57. The molecule has 1 rings (SSSR count). The molecule has 1 unspecified atom stereocenters. The fraction of sp³-hybridized carbons (Fsp3) is 1.00. The van der Waals surface area contributed by atoms with Crippen LogP contribution in [0.5, 0.6) is 0 Å². The van der Waals surface area contributed by atoms with Gasteiger partial charge in [-0.25, -0.2) is 8.78 Å². The molecule has 1 N–H and O–H groups in total. The van der Waals surface area contributed by atoms with Crippen molar-refractivity contribution < 1.29 is 8.78 Å². The topological polar surface area (TPSA) is 12.0 Å². The molecule has 3 heteroatoms. The smallest absolute Gasteiger partial charge is 0.256 e. The van der Waals surface area contributed by atoms with E-state index in [0.29, 0.717) is 12.8 Å². The van der Waals surface area contributed by atoms with Crippen LogP contribution in [-0.4, -0.2) is 18.5 Å². The highest BCUT2D eigenvalue weighted by atomic mass is 19.3. The van der Waals surface area contributed by atoms with Crippen LogP contribution in [0.3, 0.4) is 0 Å². The van der Waals surface area contributed by atoms with Crippen LogP contribution in [0, 0.1) is 0 Å². The van der Waals surface area contributed by atoms with E-state index in [1.165, 1.54) is 0 Å². The van der Waals surface area contributed by atoms with Crippen molar-refractivity contribution in [1.82, 2.24) is 5.32 Å². The second-order valence-electron chi connectivity index (χ2n) is 3.19. The SMILES string of the molecule is CCC1(C(F)F)CCCCN1. The number of nitrogens with one attached hydrogen (secondary N) is 1. The van der Waals surface area contributed by atoms with Crippen molar-refractivity contribution in [2.45, 2.75) is 44.6 Å². The maximum absolute atomic E-state index is 12.5. The van der Waals surface area contributed by atoms with E-state index in [9.17, 15) is 8.78 Å². The fourth-order valence-corrected chi connectivity index (χ4v) is 1.63. The predicted octanol–water partition coefficient (Wildman–Crippen LogP) is 2.17. The van der Waals surface area contributed by atoms with Gasteiger partial charge in [-0.05, 0) is 25.8 Å². The van der Waals surface area contributed by atoms with Crippen molar-refractivity contribution in [1.29, 1.82) is 0 Å². The highest BCUT2D eigenvalue weighted by Gasteiger charge is 2.38. The van der Waals surface area contributed by atoms with Gasteiger partial charge < -0.3 is 5.32 Å². The zero-order chi connectivity index (χ0) is 8.32. The van der Waals surface area contributed by atoms with E-state index in [4.69, 9.17) is 0 Å². The fourth-order valence-electron chi connectivity index (χ4n) is 1.63. The molecule has 1 heterocycles. The molecule has 0 saturated carbocycles. The average molecular weight is 163 g/mol. The van der Waals surface area contributed by atoms with Crippen molar-refractivity contribution in [3.63, 3.8) is 0 Å². The van der Waals surface area contributed by atoms with Gasteiger partial charge in [0.1, 0.15) is 0 Å². The number of rotatable bonds is 2. The molecule has 0 aromatic heterocycles. The molecule has 0 spiro atoms. The van der Waals surface area contributed by atoms with Gasteiger partial charge in [-0.2, -0.15) is 0 Å². The molecule has 1 nitrogen and oxygen atoms in total. The van der Waals surface area contributed by atoms with Gasteiger partial charge in [-0.15, -0.1) is 0 Å². The second-order valence-corrected chi connectivity index (χ2v) is 3.19. The van der Waals surface area contributed by atoms with Crippen LogP contribution >= 0.6 is 0 Å². The minimum absolute atomic E-state index is 0.532. The molecule has 1 atom stereocenters. The zero-order valence-corrected chi connectivity index (χ0v) is 6.87. The number of alkyl halides is 2. The molecule has 0 amide bonds. The molecule has 66 valence electrons. The standard InChI is InChI=1S/C8H15F2N/c1-2-8(7(9)10)5-3-4-6-11-8/h7,11H,2-6H2,1H3. The first-order valence-electron chi connectivity index (χ1n) is 4.24. The van der Waals surface area contributed by atoms with Crippen molar-refractivity contribution in [2.75, 3.05) is 6.54 Å². The first kappa shape index (κ1) is 8.91. The summed E-state index contributed by atoms with van der Waals surface area (Å²) in [5, 5.41) is 2.93. The Morgan fingerprint density at radius 3 is 2.45 bits per heavy atom. The van der Waals surface area contributed by atoms with Crippen molar-refractivity contribution >= 4 is 0 Å². The van der Waals surface area contributed by atoms with Gasteiger partial charge in [0, 0.05) is 0 Å². The lowest BCUT2D eigenvalue weighted by molar-refractivity contribution is 0.0109. The lowest BCUT2D eigenvalue weighted by Gasteiger charge is -2.36. The minimum atomic E-state index is -2.22. The van der Waals surface area contributed by atoms with Crippen LogP contribution in [0.1, 0.15) is 32.6 Å². The van der Waals surface area contributed by atoms with Gasteiger partial charge >= 0.3 is 0 Å². The first-order valence-corrected chi connectivity index (χ1v) is 4.24. The summed E-state index contributed by atoms with van der Waals surface area (Å²) < 4.78 is 25.0. The van der Waals surface area contributed by atoms with Crippen LogP contribution in [0.4, 0.5) is 8.78 Å². The lowest BCUT2D eigenvalue weighted by Crippen LogP contribution is -2.53. The third-order valence-electron chi connectivity index (χ3n) is 2.58. The highest BCUT2D eigenvalue weighted by Crippen LogP contribution is 2.28. The Hall–Kier alpha value is -0.180. The summed E-state index contributed by atoms with van der Waals surface area (Å²) in [5.74, 6) is 0. The summed E-state index contributed by atoms with van der Waals surface area (Å²) in [7, 11) is 0. The van der Waals surface area contributed by atoms with Crippen molar-refractivity contribution in [2.24, 2.45) is 0 Å². The molecule has 1 fully saturated rings. The van der Waals surface area contributed by atoms with E-state index in [1.54, 1.807) is 0 Å². The third kappa shape index (κ3) is 1.70. The summed E-state index contributed by atoms with van der Waals surface area (Å²) in [6.07, 6.45) is 0.915. The number of halogens is 2. The number of piperidine rings is 1. The Morgan fingerprint density at radius 2 is 2.18 bits per heavy atom. The molecule has 0 bridgehead atoms. The maximum atomic E-state index is 12.5. The molecule has 1 saturated heterocycles. The zero-order valence-electron chi connectivity index (χ0n) is 6.87. The molecular weight excluding hydrogens is 148 g/mol. The number of hydrogen-bond acceptors (Lipinski definition) is 1. The van der Waals surface area contributed by atoms with E-state index < -0.39 is 12.0 Å². The molecule has 1 aliphatic heterocycles. The van der Waals surface area contributed by atoms with E-state index in [1.807, 2.05) is 6.92 Å². The Labute approximate surface area is 66.2 Å². The molecule has 0 radical (unpaired) electrons. The van der Waals surface area contributed by atoms with Crippen molar-refractivity contribution in [3.05, 3.63) is 0 Å². The van der Waals surface area contributed by atoms with E-state index in [2.05, 4.69) is 5.32 Å². The van der Waals surface area contributed by atoms with E-state index in [-0.39, 0.29) is 0 Å². The summed E-state index contributed by atoms with van der Waals surface area (Å²) >= 11 is 0. The largest absolute Gasteiger partial charge is 0.306 e. The normalized spacial score (nSPS) is 32.7. The minimum Gasteiger partial charge on any atom is -0.306 e. The van der Waals surface area contributed by atoms with Gasteiger partial charge in [0.2, 0.25) is 0 Å². The molecule has 0 aliphatic carbocycles. The molecule has 1 aliphatic rings. The van der Waals surface area contributed by atoms with Gasteiger partial charge in [-0.1, -0.05) is 13.3 Å². The van der Waals surface area contributed by atoms with E-state index in [0.717, 1.165) is 19.4 Å². The van der Waals surface area contributed by atoms with Gasteiger partial charge in [-0.3, -0.25) is 0 Å². The van der Waals surface area contributed by atoms with Crippen LogP contribution in [-0.2, 0) is 0 Å². The van der Waals surface area contributed by atoms with E-state index >= 15 is 0 Å². The summed E-state index contributed by atoms with van der Waals surface area (Å²) in [4.78, 5) is 0. The Bertz CT molecular complexity index is 119. The maximum Gasteiger partial charge on any atom is 0.256 e. The van der Waals surface area contributed by atoms with Crippen LogP contribution in [0.15, 0.2) is 0 Å². The van der Waals surface area contributed by atoms with Gasteiger partial charge in [0.05, 0.1) is 5.54 Å². The van der Waals surface area contributed by atoms with Crippen LogP contribution in [0.2, 0.25) is 0 Å². The molecule has 0 aromatic carbocycles. The predicted molar refractivity (Wildman–Crippen MR) is 40.9 cm³/mol. The van der Waals surface area contributed by atoms with Crippen LogP contribution < -0.4 is 5.32 Å². The highest BCUT2D eigenvalue weighted by molar-refractivity contribution is 4.91. The summed E-state index contributed by atoms with van der Waals surface area (Å²) in [5.41, 5.74) is -0.863. The molecule has 0 aromatic rings. The second kappa shape index (κ2) is 3.48. The molecular formula is C8H15F2N. The summed E-state index contributed by atoms with van der Waals surface area (Å²) in [6, 6.07) is 0. The van der Waals surface area contributed by atoms with Crippen LogP contribution in [0.25, 0.3) is 0 Å². The third-order valence-corrected chi connectivity index (χ3v) is 2.58. The lowest BCUT2D eigenvalue weighted by atomic mass is 9.87. The quantitative estimate of drug-likeness (QED) is 0.657. The van der Waals surface area contributed by atoms with Gasteiger partial charge in [0.15, 0.2) is 0 Å². The van der Waals surface area contributed by atoms with Crippen molar-refractivity contribution in [3.8, 4) is 0 Å². The first-order chi connectivity index (χ1) is 5.21.